The second kappa shape index (κ2) is 9.89. The lowest BCUT2D eigenvalue weighted by molar-refractivity contribution is 0.173. The lowest BCUT2D eigenvalue weighted by Gasteiger charge is -2.19. The summed E-state index contributed by atoms with van der Waals surface area (Å²) in [7, 11) is 0. The highest BCUT2D eigenvalue weighted by molar-refractivity contribution is 5.45. The molecule has 0 amide bonds. The normalized spacial score (nSPS) is 13.1. The minimum Gasteiger partial charge on any atom is -0.391 e. The monoisotopic (exact) mass is 305 g/mol. The first-order chi connectivity index (χ1) is 10.4. The van der Waals surface area contributed by atoms with E-state index in [-0.39, 0.29) is 11.5 Å². The van der Waals surface area contributed by atoms with E-state index in [1.807, 2.05) is 0 Å². The number of hydrogen-bond donors (Lipinski definition) is 2. The quantitative estimate of drug-likeness (QED) is 0.559. The van der Waals surface area contributed by atoms with Crippen molar-refractivity contribution in [1.82, 2.24) is 0 Å². The third-order valence-corrected chi connectivity index (χ3v) is 4.18. The summed E-state index contributed by atoms with van der Waals surface area (Å²) in [6.07, 6.45) is 8.32. The van der Waals surface area contributed by atoms with Crippen LogP contribution in [0.4, 0.5) is 5.69 Å². The Kier molecular flexibility index (Phi) is 8.55. The molecule has 0 saturated carbocycles. The van der Waals surface area contributed by atoms with Crippen molar-refractivity contribution in [3.8, 4) is 0 Å². The average Bonchev–Trinajstić information content (AvgIpc) is 2.48. The summed E-state index contributed by atoms with van der Waals surface area (Å²) < 4.78 is 0. The summed E-state index contributed by atoms with van der Waals surface area (Å²) in [6.45, 7) is 9.55. The number of aliphatic hydroxyl groups excluding tert-OH is 1. The summed E-state index contributed by atoms with van der Waals surface area (Å²) >= 11 is 0. The first-order valence-corrected chi connectivity index (χ1v) is 8.96. The van der Waals surface area contributed by atoms with Crippen LogP contribution in [0.25, 0.3) is 0 Å². The van der Waals surface area contributed by atoms with Crippen molar-refractivity contribution >= 4 is 5.69 Å². The smallest absolute Gasteiger partial charge is 0.0712 e. The lowest BCUT2D eigenvalue weighted by Crippen LogP contribution is -2.19. The van der Waals surface area contributed by atoms with E-state index >= 15 is 0 Å². The molecule has 0 fully saturated rings. The fourth-order valence-electron chi connectivity index (χ4n) is 2.59. The summed E-state index contributed by atoms with van der Waals surface area (Å²) in [5.41, 5.74) is 2.62. The van der Waals surface area contributed by atoms with Gasteiger partial charge in [-0.15, -0.1) is 0 Å². The Morgan fingerprint density at radius 3 is 2.14 bits per heavy atom. The topological polar surface area (TPSA) is 32.3 Å². The number of aliphatic hydroxyl groups is 1. The Hall–Kier alpha value is -1.02. The van der Waals surface area contributed by atoms with Gasteiger partial charge in [-0.25, -0.2) is 0 Å². The molecule has 2 heteroatoms. The van der Waals surface area contributed by atoms with Gasteiger partial charge in [-0.2, -0.15) is 0 Å². The van der Waals surface area contributed by atoms with Crippen molar-refractivity contribution in [1.29, 1.82) is 0 Å². The van der Waals surface area contributed by atoms with Crippen molar-refractivity contribution in [2.75, 3.05) is 11.9 Å². The maximum Gasteiger partial charge on any atom is 0.0712 e. The Morgan fingerprint density at radius 2 is 1.55 bits per heavy atom. The number of nitrogens with one attached hydrogen (secondary N) is 1. The molecule has 0 aromatic heterocycles. The van der Waals surface area contributed by atoms with Crippen LogP contribution in [0.5, 0.6) is 0 Å². The predicted molar refractivity (Wildman–Crippen MR) is 97.6 cm³/mol. The van der Waals surface area contributed by atoms with Crippen molar-refractivity contribution in [2.24, 2.45) is 0 Å². The summed E-state index contributed by atoms with van der Waals surface area (Å²) in [6, 6.07) is 8.56. The van der Waals surface area contributed by atoms with Gasteiger partial charge in [0.2, 0.25) is 0 Å². The van der Waals surface area contributed by atoms with Crippen LogP contribution < -0.4 is 5.32 Å². The second-order valence-corrected chi connectivity index (χ2v) is 7.42. The standard InChI is InChI=1S/C20H35NO/c1-5-6-7-8-9-10-11-19(22)16-21-18-14-12-17(13-15-18)20(2,3)4/h12-15,19,21-22H,5-11,16H2,1-4H3. The SMILES string of the molecule is CCCCCCCCC(O)CNc1ccc(C(C)(C)C)cc1. The first-order valence-electron chi connectivity index (χ1n) is 8.96. The van der Waals surface area contributed by atoms with Gasteiger partial charge in [-0.3, -0.25) is 0 Å². The zero-order valence-electron chi connectivity index (χ0n) is 15.0. The summed E-state index contributed by atoms with van der Waals surface area (Å²) in [5.74, 6) is 0. The zero-order valence-corrected chi connectivity index (χ0v) is 15.0. The van der Waals surface area contributed by atoms with Crippen LogP contribution >= 0.6 is 0 Å². The molecule has 0 aliphatic rings. The van der Waals surface area contributed by atoms with Crippen molar-refractivity contribution in [2.45, 2.75) is 84.2 Å². The van der Waals surface area contributed by atoms with E-state index in [2.05, 4.69) is 57.3 Å². The predicted octanol–water partition coefficient (Wildman–Crippen LogP) is 5.51. The maximum absolute atomic E-state index is 10.0. The fraction of sp³-hybridized carbons (Fsp3) is 0.700. The van der Waals surface area contributed by atoms with Crippen LogP contribution in [-0.4, -0.2) is 17.8 Å². The zero-order chi connectivity index (χ0) is 16.4. The van der Waals surface area contributed by atoms with Gasteiger partial charge in [0.25, 0.3) is 0 Å². The van der Waals surface area contributed by atoms with Gasteiger partial charge in [0.1, 0.15) is 0 Å². The summed E-state index contributed by atoms with van der Waals surface area (Å²) in [5, 5.41) is 13.4. The molecule has 0 saturated heterocycles. The molecular weight excluding hydrogens is 270 g/mol. The number of rotatable bonds is 10. The van der Waals surface area contributed by atoms with Gasteiger partial charge < -0.3 is 10.4 Å². The van der Waals surface area contributed by atoms with E-state index < -0.39 is 0 Å². The Balaban J connectivity index is 2.19. The number of unbranched alkanes of at least 4 members (excludes halogenated alkanes) is 5. The van der Waals surface area contributed by atoms with Crippen LogP contribution in [0, 0.1) is 0 Å². The van der Waals surface area contributed by atoms with Gasteiger partial charge >= 0.3 is 0 Å². The maximum atomic E-state index is 10.0. The number of hydrogen-bond acceptors (Lipinski definition) is 2. The molecule has 1 rings (SSSR count). The van der Waals surface area contributed by atoms with Crippen LogP contribution in [0.1, 0.15) is 78.2 Å². The Morgan fingerprint density at radius 1 is 0.955 bits per heavy atom. The van der Waals surface area contributed by atoms with E-state index in [4.69, 9.17) is 0 Å². The average molecular weight is 306 g/mol. The Bertz CT molecular complexity index is 391. The molecular formula is C20H35NO. The molecule has 2 nitrogen and oxygen atoms in total. The molecule has 0 bridgehead atoms. The van der Waals surface area contributed by atoms with Crippen LogP contribution in [-0.2, 0) is 5.41 Å². The van der Waals surface area contributed by atoms with Gasteiger partial charge in [-0.1, -0.05) is 78.4 Å². The van der Waals surface area contributed by atoms with E-state index in [1.54, 1.807) is 0 Å². The third kappa shape index (κ3) is 7.84. The molecule has 1 atom stereocenters. The molecule has 2 N–H and O–H groups in total. The van der Waals surface area contributed by atoms with Crippen LogP contribution in [0.3, 0.4) is 0 Å². The van der Waals surface area contributed by atoms with Crippen LogP contribution in [0.15, 0.2) is 24.3 Å². The van der Waals surface area contributed by atoms with Gasteiger partial charge in [-0.05, 0) is 29.5 Å². The molecule has 22 heavy (non-hydrogen) atoms. The minimum absolute atomic E-state index is 0.190. The van der Waals surface area contributed by atoms with Crippen molar-refractivity contribution in [3.63, 3.8) is 0 Å². The highest BCUT2D eigenvalue weighted by Crippen LogP contribution is 2.23. The van der Waals surface area contributed by atoms with E-state index in [1.165, 1.54) is 37.7 Å². The third-order valence-electron chi connectivity index (χ3n) is 4.18. The molecule has 1 aromatic carbocycles. The molecule has 0 radical (unpaired) electrons. The number of benzene rings is 1. The van der Waals surface area contributed by atoms with Crippen LogP contribution in [0.2, 0.25) is 0 Å². The fourth-order valence-corrected chi connectivity index (χ4v) is 2.59. The lowest BCUT2D eigenvalue weighted by atomic mass is 9.87. The van der Waals surface area contributed by atoms with Gasteiger partial charge in [0.05, 0.1) is 6.10 Å². The number of anilines is 1. The second-order valence-electron chi connectivity index (χ2n) is 7.42. The molecule has 1 unspecified atom stereocenters. The first kappa shape index (κ1) is 19.0. The van der Waals surface area contributed by atoms with Gasteiger partial charge in [0.15, 0.2) is 0 Å². The van der Waals surface area contributed by atoms with E-state index in [0.29, 0.717) is 6.54 Å². The highest BCUT2D eigenvalue weighted by atomic mass is 16.3. The van der Waals surface area contributed by atoms with Gasteiger partial charge in [0, 0.05) is 12.2 Å². The van der Waals surface area contributed by atoms with Crippen molar-refractivity contribution < 1.29 is 5.11 Å². The highest BCUT2D eigenvalue weighted by Gasteiger charge is 2.12. The Labute approximate surface area is 137 Å². The van der Waals surface area contributed by atoms with E-state index in [0.717, 1.165) is 18.5 Å². The summed E-state index contributed by atoms with van der Waals surface area (Å²) in [4.78, 5) is 0. The molecule has 0 aliphatic heterocycles. The minimum atomic E-state index is -0.242. The largest absolute Gasteiger partial charge is 0.391 e. The molecule has 126 valence electrons. The molecule has 0 aliphatic carbocycles. The molecule has 0 heterocycles. The molecule has 1 aromatic rings. The van der Waals surface area contributed by atoms with Crippen molar-refractivity contribution in [3.05, 3.63) is 29.8 Å². The molecule has 0 spiro atoms. The van der Waals surface area contributed by atoms with E-state index in [9.17, 15) is 5.11 Å².